The molecule has 6 heteroatoms. The van der Waals surface area contributed by atoms with Gasteiger partial charge in [-0.05, 0) is 41.7 Å². The van der Waals surface area contributed by atoms with Gasteiger partial charge in [-0.25, -0.2) is 4.98 Å². The fourth-order valence-corrected chi connectivity index (χ4v) is 6.54. The molecule has 3 unspecified atom stereocenters. The van der Waals surface area contributed by atoms with Gasteiger partial charge in [-0.1, -0.05) is 0 Å². The third kappa shape index (κ3) is 1.51. The largest absolute Gasteiger partial charge is 0.381 e. The van der Waals surface area contributed by atoms with Crippen LogP contribution in [0, 0.1) is 5.41 Å². The first-order valence-corrected chi connectivity index (χ1v) is 8.40. The van der Waals surface area contributed by atoms with Gasteiger partial charge in [-0.3, -0.25) is 0 Å². The average molecular weight is 314 g/mol. The molecule has 92 valence electrons. The highest BCUT2D eigenvalue weighted by molar-refractivity contribution is 9.10. The van der Waals surface area contributed by atoms with Gasteiger partial charge in [-0.2, -0.15) is 0 Å². The van der Waals surface area contributed by atoms with E-state index in [-0.39, 0.29) is 9.68 Å². The molecule has 0 radical (unpaired) electrons. The highest BCUT2D eigenvalue weighted by Gasteiger charge is 2.66. The molecule has 0 amide bonds. The normalized spacial score (nSPS) is 45.4. The Balaban J connectivity index is 1.62. The summed E-state index contributed by atoms with van der Waals surface area (Å²) in [6.45, 7) is 3.16. The number of rotatable bonds is 1. The van der Waals surface area contributed by atoms with E-state index < -0.39 is 0 Å². The second kappa shape index (κ2) is 3.43. The molecule has 17 heavy (non-hydrogen) atoms. The van der Waals surface area contributed by atoms with E-state index in [0.29, 0.717) is 10.6 Å². The summed E-state index contributed by atoms with van der Waals surface area (Å²) in [5, 5.41) is 0.340. The van der Waals surface area contributed by atoms with E-state index in [1.54, 1.807) is 0 Å². The molecule has 1 aromatic heterocycles. The second-order valence-corrected chi connectivity index (χ2v) is 8.90. The second-order valence-electron chi connectivity index (χ2n) is 5.80. The number of fused-ring (bicyclic) bond motifs is 1. The maximum absolute atomic E-state index is 5.71. The van der Waals surface area contributed by atoms with Gasteiger partial charge in [0.05, 0.1) is 18.0 Å². The summed E-state index contributed by atoms with van der Waals surface area (Å²) in [4.78, 5) is 7.92. The number of halogens is 1. The zero-order chi connectivity index (χ0) is 11.5. The number of aromatic nitrogens is 2. The molecule has 3 aliphatic rings. The van der Waals surface area contributed by atoms with Gasteiger partial charge >= 0.3 is 0 Å². The summed E-state index contributed by atoms with van der Waals surface area (Å²) in [7, 11) is -0.108. The van der Waals surface area contributed by atoms with Crippen LogP contribution in [0.15, 0.2) is 10.8 Å². The first-order chi connectivity index (χ1) is 8.23. The van der Waals surface area contributed by atoms with Crippen LogP contribution in [0.1, 0.15) is 25.1 Å². The molecule has 0 saturated carbocycles. The topological polar surface area (TPSA) is 40.9 Å². The van der Waals surface area contributed by atoms with E-state index in [1.165, 1.54) is 31.6 Å². The molecule has 1 aromatic rings. The van der Waals surface area contributed by atoms with Crippen molar-refractivity contribution in [1.29, 1.82) is 0 Å². The molecule has 4 heterocycles. The first-order valence-electron chi connectivity index (χ1n) is 6.26. The minimum atomic E-state index is -0.108. The number of hydrogen-bond donors (Lipinski definition) is 1. The number of imidazole rings is 1. The standard InChI is InChI=1S/C11H16BrN3OSi/c12-8-4-13-9(14-8)11-5-10(6-15(11)17-11)2-1-3-16-7-10/h4H,1-3,5-7,17H2,(H,13,14). The maximum atomic E-state index is 5.71. The van der Waals surface area contributed by atoms with E-state index in [9.17, 15) is 0 Å². The molecule has 3 saturated heterocycles. The molecular formula is C11H16BrN3OSi. The summed E-state index contributed by atoms with van der Waals surface area (Å²) < 4.78 is 9.40. The quantitative estimate of drug-likeness (QED) is 0.619. The number of aromatic amines is 1. The van der Waals surface area contributed by atoms with E-state index in [0.717, 1.165) is 17.8 Å². The van der Waals surface area contributed by atoms with Crippen LogP contribution in [0.25, 0.3) is 0 Å². The molecule has 3 aliphatic heterocycles. The Morgan fingerprint density at radius 3 is 3.24 bits per heavy atom. The van der Waals surface area contributed by atoms with Crippen molar-refractivity contribution < 1.29 is 4.74 Å². The van der Waals surface area contributed by atoms with Crippen molar-refractivity contribution in [2.45, 2.75) is 24.4 Å². The molecule has 3 fully saturated rings. The van der Waals surface area contributed by atoms with Crippen LogP contribution >= 0.6 is 15.9 Å². The molecule has 3 atom stereocenters. The summed E-state index contributed by atoms with van der Waals surface area (Å²) in [5.74, 6) is 1.19. The molecular weight excluding hydrogens is 298 g/mol. The van der Waals surface area contributed by atoms with Crippen LogP contribution < -0.4 is 0 Å². The lowest BCUT2D eigenvalue weighted by molar-refractivity contribution is -0.00173. The number of hydrogen-bond acceptors (Lipinski definition) is 3. The summed E-state index contributed by atoms with van der Waals surface area (Å²) >= 11 is 3.46. The van der Waals surface area contributed by atoms with Crippen molar-refractivity contribution >= 4 is 25.6 Å². The Kier molecular flexibility index (Phi) is 2.17. The fraction of sp³-hybridized carbons (Fsp3) is 0.727. The van der Waals surface area contributed by atoms with Crippen molar-refractivity contribution in [3.05, 3.63) is 16.6 Å². The summed E-state index contributed by atoms with van der Waals surface area (Å²) in [6, 6.07) is 0. The zero-order valence-corrected chi connectivity index (χ0v) is 12.7. The molecule has 0 aromatic carbocycles. The van der Waals surface area contributed by atoms with Gasteiger partial charge in [-0.15, -0.1) is 0 Å². The van der Waals surface area contributed by atoms with E-state index in [1.807, 2.05) is 6.20 Å². The zero-order valence-electron chi connectivity index (χ0n) is 9.71. The van der Waals surface area contributed by atoms with Crippen molar-refractivity contribution in [2.24, 2.45) is 5.41 Å². The van der Waals surface area contributed by atoms with Crippen molar-refractivity contribution in [3.63, 3.8) is 0 Å². The summed E-state index contributed by atoms with van der Waals surface area (Å²) in [6.07, 6.45) is 5.72. The van der Waals surface area contributed by atoms with Gasteiger partial charge < -0.3 is 14.3 Å². The Hall–Kier alpha value is -0.173. The van der Waals surface area contributed by atoms with Gasteiger partial charge in [0.25, 0.3) is 0 Å². The average Bonchev–Trinajstić information content (AvgIpc) is 2.71. The van der Waals surface area contributed by atoms with Crippen molar-refractivity contribution in [1.82, 2.24) is 14.5 Å². The molecule has 1 spiro atoms. The van der Waals surface area contributed by atoms with Gasteiger partial charge in [0, 0.05) is 12.0 Å². The Bertz CT molecular complexity index is 459. The Morgan fingerprint density at radius 2 is 2.53 bits per heavy atom. The fourth-order valence-electron chi connectivity index (χ4n) is 3.75. The molecule has 1 N–H and O–H groups in total. The maximum Gasteiger partial charge on any atom is 0.126 e. The highest BCUT2D eigenvalue weighted by Crippen LogP contribution is 2.57. The molecule has 4 nitrogen and oxygen atoms in total. The minimum absolute atomic E-state index is 0.108. The van der Waals surface area contributed by atoms with Crippen LogP contribution in [0.3, 0.4) is 0 Å². The molecule has 0 aliphatic carbocycles. The first kappa shape index (κ1) is 10.7. The molecule has 0 bridgehead atoms. The lowest BCUT2D eigenvalue weighted by atomic mass is 9.80. The van der Waals surface area contributed by atoms with Crippen LogP contribution in [-0.4, -0.2) is 44.0 Å². The van der Waals surface area contributed by atoms with Gasteiger partial charge in [0.15, 0.2) is 0 Å². The van der Waals surface area contributed by atoms with Crippen LogP contribution in [0.5, 0.6) is 0 Å². The third-order valence-corrected chi connectivity index (χ3v) is 7.28. The van der Waals surface area contributed by atoms with E-state index in [4.69, 9.17) is 4.74 Å². The van der Waals surface area contributed by atoms with Crippen molar-refractivity contribution in [3.8, 4) is 0 Å². The van der Waals surface area contributed by atoms with E-state index in [2.05, 4.69) is 30.5 Å². The smallest absolute Gasteiger partial charge is 0.126 e. The van der Waals surface area contributed by atoms with Crippen LogP contribution in [0.2, 0.25) is 0 Å². The third-order valence-electron chi connectivity index (χ3n) is 4.54. The predicted octanol–water partition coefficient (Wildman–Crippen LogP) is 0.925. The van der Waals surface area contributed by atoms with Gasteiger partial charge in [0.2, 0.25) is 0 Å². The molecule has 4 rings (SSSR count). The number of ether oxygens (including phenoxy) is 1. The van der Waals surface area contributed by atoms with E-state index >= 15 is 0 Å². The highest BCUT2D eigenvalue weighted by atomic mass is 79.9. The SMILES string of the molecule is Brc1cnc(C23CC4(CCCOC4)CN2[SiH2]3)[nH]1. The number of H-pyrrole nitrogens is 1. The van der Waals surface area contributed by atoms with Crippen LogP contribution in [0.4, 0.5) is 0 Å². The number of nitrogens with zero attached hydrogens (tertiary/aromatic N) is 2. The van der Waals surface area contributed by atoms with Gasteiger partial charge in [0.1, 0.15) is 20.1 Å². The monoisotopic (exact) mass is 313 g/mol. The lowest BCUT2D eigenvalue weighted by Gasteiger charge is -2.34. The minimum Gasteiger partial charge on any atom is -0.381 e. The Labute approximate surface area is 111 Å². The number of nitrogens with one attached hydrogen (secondary N) is 1. The Morgan fingerprint density at radius 1 is 1.59 bits per heavy atom. The lowest BCUT2D eigenvalue weighted by Crippen LogP contribution is -2.36. The predicted molar refractivity (Wildman–Crippen MR) is 70.3 cm³/mol. The van der Waals surface area contributed by atoms with Crippen LogP contribution in [-0.2, 0) is 9.90 Å². The summed E-state index contributed by atoms with van der Waals surface area (Å²) in [5.41, 5.74) is 0.433. The van der Waals surface area contributed by atoms with Crippen molar-refractivity contribution in [2.75, 3.05) is 19.8 Å².